The molecule has 8 heteroatoms. The van der Waals surface area contributed by atoms with Crippen molar-refractivity contribution in [3.8, 4) is 17.2 Å². The van der Waals surface area contributed by atoms with E-state index < -0.39 is 15.9 Å². The van der Waals surface area contributed by atoms with Gasteiger partial charge in [0.05, 0.1) is 23.6 Å². The highest BCUT2D eigenvalue weighted by atomic mass is 32.2. The zero-order chi connectivity index (χ0) is 24.1. The lowest BCUT2D eigenvalue weighted by Gasteiger charge is -2.31. The highest BCUT2D eigenvalue weighted by Crippen LogP contribution is 2.31. The van der Waals surface area contributed by atoms with Crippen molar-refractivity contribution < 1.29 is 22.7 Å². The molecule has 3 aromatic rings. The van der Waals surface area contributed by atoms with Crippen molar-refractivity contribution in [2.24, 2.45) is 5.92 Å². The molecule has 1 heterocycles. The van der Waals surface area contributed by atoms with Crippen LogP contribution in [0.1, 0.15) is 18.4 Å². The number of hydrogen-bond donors (Lipinski definition) is 1. The van der Waals surface area contributed by atoms with Crippen molar-refractivity contribution in [3.05, 3.63) is 78.4 Å². The largest absolute Gasteiger partial charge is 0.496 e. The molecule has 0 bridgehead atoms. The van der Waals surface area contributed by atoms with E-state index in [4.69, 9.17) is 9.47 Å². The Bertz CT molecular complexity index is 1260. The van der Waals surface area contributed by atoms with Crippen LogP contribution in [0.15, 0.2) is 77.7 Å². The van der Waals surface area contributed by atoms with E-state index in [-0.39, 0.29) is 17.3 Å². The Morgan fingerprint density at radius 2 is 1.74 bits per heavy atom. The monoisotopic (exact) mass is 480 g/mol. The lowest BCUT2D eigenvalue weighted by molar-refractivity contribution is -0.120. The van der Waals surface area contributed by atoms with E-state index in [1.165, 1.54) is 4.31 Å². The van der Waals surface area contributed by atoms with Gasteiger partial charge in [-0.15, -0.1) is 0 Å². The minimum Gasteiger partial charge on any atom is -0.496 e. The lowest BCUT2D eigenvalue weighted by atomic mass is 9.98. The molecule has 0 spiro atoms. The maximum absolute atomic E-state index is 13.3. The van der Waals surface area contributed by atoms with Gasteiger partial charge in [0.2, 0.25) is 15.9 Å². The minimum absolute atomic E-state index is 0.126. The van der Waals surface area contributed by atoms with E-state index in [9.17, 15) is 13.2 Å². The van der Waals surface area contributed by atoms with E-state index in [0.717, 1.165) is 5.56 Å². The first-order chi connectivity index (χ1) is 16.4. The van der Waals surface area contributed by atoms with Crippen LogP contribution < -0.4 is 14.8 Å². The summed E-state index contributed by atoms with van der Waals surface area (Å²) in [4.78, 5) is 13.3. The van der Waals surface area contributed by atoms with Crippen LogP contribution in [0, 0.1) is 12.8 Å². The molecule has 1 aliphatic heterocycles. The maximum Gasteiger partial charge on any atom is 0.243 e. The van der Waals surface area contributed by atoms with Crippen molar-refractivity contribution >= 4 is 21.6 Å². The van der Waals surface area contributed by atoms with Gasteiger partial charge in [-0.2, -0.15) is 4.31 Å². The fraction of sp³-hybridized carbons (Fsp3) is 0.269. The number of carbonyl (C=O) groups excluding carboxylic acids is 1. The number of rotatable bonds is 7. The van der Waals surface area contributed by atoms with Gasteiger partial charge in [0.15, 0.2) is 5.75 Å². The van der Waals surface area contributed by atoms with Crippen LogP contribution in [0.25, 0.3) is 0 Å². The average molecular weight is 481 g/mol. The second-order valence-electron chi connectivity index (χ2n) is 8.23. The summed E-state index contributed by atoms with van der Waals surface area (Å²) < 4.78 is 39.1. The Kier molecular flexibility index (Phi) is 7.19. The number of sulfonamides is 1. The normalized spacial score (nSPS) is 16.6. The number of anilines is 1. The third kappa shape index (κ3) is 5.24. The van der Waals surface area contributed by atoms with E-state index >= 15 is 0 Å². The second-order valence-corrected chi connectivity index (χ2v) is 10.2. The summed E-state index contributed by atoms with van der Waals surface area (Å²) in [6, 6.07) is 21.3. The molecule has 3 aromatic carbocycles. The Labute approximate surface area is 200 Å². The number of nitrogens with one attached hydrogen (secondary N) is 1. The van der Waals surface area contributed by atoms with Crippen LogP contribution in [0.4, 0.5) is 5.69 Å². The highest BCUT2D eigenvalue weighted by molar-refractivity contribution is 7.89. The first kappa shape index (κ1) is 23.8. The Morgan fingerprint density at radius 1 is 1.00 bits per heavy atom. The van der Waals surface area contributed by atoms with Gasteiger partial charge in [0, 0.05) is 13.1 Å². The molecule has 0 unspecified atom stereocenters. The Balaban J connectivity index is 1.48. The molecule has 1 saturated heterocycles. The van der Waals surface area contributed by atoms with Crippen molar-refractivity contribution in [1.29, 1.82) is 0 Å². The van der Waals surface area contributed by atoms with Crippen molar-refractivity contribution in [1.82, 2.24) is 4.31 Å². The molecular weight excluding hydrogens is 452 g/mol. The highest BCUT2D eigenvalue weighted by Gasteiger charge is 2.33. The molecule has 1 N–H and O–H groups in total. The molecule has 0 radical (unpaired) electrons. The topological polar surface area (TPSA) is 84.9 Å². The summed E-state index contributed by atoms with van der Waals surface area (Å²) in [5, 5.41) is 2.93. The molecule has 0 saturated carbocycles. The van der Waals surface area contributed by atoms with Crippen LogP contribution in [-0.4, -0.2) is 38.8 Å². The molecular formula is C26H28N2O5S. The Hall–Kier alpha value is -3.36. The number of benzene rings is 3. The van der Waals surface area contributed by atoms with E-state index in [1.807, 2.05) is 42.5 Å². The molecule has 34 heavy (non-hydrogen) atoms. The van der Waals surface area contributed by atoms with Gasteiger partial charge in [-0.3, -0.25) is 4.79 Å². The SMILES string of the molecule is COc1ccc(S(=O)(=O)N2CCC[C@@H](C(=O)Nc3ccccc3Oc3ccccc3)C2)cc1C. The predicted molar refractivity (Wildman–Crippen MR) is 131 cm³/mol. The van der Waals surface area contributed by atoms with Crippen LogP contribution in [0.5, 0.6) is 17.2 Å². The number of nitrogens with zero attached hydrogens (tertiary/aromatic N) is 1. The standard InChI is InChI=1S/C26H28N2O5S/c1-19-17-22(14-15-24(19)32-2)34(30,31)28-16-8-9-20(18-28)26(29)27-23-12-6-7-13-25(23)33-21-10-4-3-5-11-21/h3-7,10-15,17,20H,8-9,16,18H2,1-2H3,(H,27,29)/t20-/m1/s1. The summed E-state index contributed by atoms with van der Waals surface area (Å²) >= 11 is 0. The fourth-order valence-corrected chi connectivity index (χ4v) is 5.65. The van der Waals surface area contributed by atoms with Gasteiger partial charge >= 0.3 is 0 Å². The summed E-state index contributed by atoms with van der Waals surface area (Å²) in [7, 11) is -2.18. The molecule has 7 nitrogen and oxygen atoms in total. The molecule has 178 valence electrons. The van der Waals surface area contributed by atoms with Crippen LogP contribution in [-0.2, 0) is 14.8 Å². The summed E-state index contributed by atoms with van der Waals surface area (Å²) in [6.45, 7) is 2.31. The van der Waals surface area contributed by atoms with Gasteiger partial charge in [-0.05, 0) is 67.8 Å². The number of carbonyl (C=O) groups is 1. The zero-order valence-corrected chi connectivity index (χ0v) is 20.0. The van der Waals surface area contributed by atoms with Crippen LogP contribution in [0.2, 0.25) is 0 Å². The number of hydrogen-bond acceptors (Lipinski definition) is 5. The molecule has 1 atom stereocenters. The third-order valence-corrected chi connectivity index (χ3v) is 7.74. The third-order valence-electron chi connectivity index (χ3n) is 5.87. The average Bonchev–Trinajstić information content (AvgIpc) is 2.86. The zero-order valence-electron chi connectivity index (χ0n) is 19.2. The number of piperidine rings is 1. The number of ether oxygens (including phenoxy) is 2. The smallest absolute Gasteiger partial charge is 0.243 e. The Morgan fingerprint density at radius 3 is 2.47 bits per heavy atom. The van der Waals surface area contributed by atoms with E-state index in [0.29, 0.717) is 42.3 Å². The van der Waals surface area contributed by atoms with E-state index in [2.05, 4.69) is 5.32 Å². The van der Waals surface area contributed by atoms with Gasteiger partial charge in [0.25, 0.3) is 0 Å². The van der Waals surface area contributed by atoms with Gasteiger partial charge in [-0.1, -0.05) is 30.3 Å². The van der Waals surface area contributed by atoms with Gasteiger partial charge in [0.1, 0.15) is 11.5 Å². The first-order valence-electron chi connectivity index (χ1n) is 11.2. The van der Waals surface area contributed by atoms with Crippen molar-refractivity contribution in [3.63, 3.8) is 0 Å². The van der Waals surface area contributed by atoms with Crippen molar-refractivity contribution in [2.75, 3.05) is 25.5 Å². The first-order valence-corrected chi connectivity index (χ1v) is 12.6. The predicted octanol–water partition coefficient (Wildman–Crippen LogP) is 4.84. The molecule has 1 amide bonds. The van der Waals surface area contributed by atoms with Gasteiger partial charge < -0.3 is 14.8 Å². The van der Waals surface area contributed by atoms with E-state index in [1.54, 1.807) is 44.4 Å². The molecule has 0 aromatic heterocycles. The second kappa shape index (κ2) is 10.3. The molecule has 0 aliphatic carbocycles. The maximum atomic E-state index is 13.3. The number of aryl methyl sites for hydroxylation is 1. The molecule has 1 aliphatic rings. The summed E-state index contributed by atoms with van der Waals surface area (Å²) in [5.41, 5.74) is 1.28. The van der Waals surface area contributed by atoms with Crippen LogP contribution in [0.3, 0.4) is 0 Å². The fourth-order valence-electron chi connectivity index (χ4n) is 4.04. The number of amides is 1. The number of methoxy groups -OCH3 is 1. The summed E-state index contributed by atoms with van der Waals surface area (Å²) in [6.07, 6.45) is 1.22. The summed E-state index contributed by atoms with van der Waals surface area (Å²) in [5.74, 6) is 1.12. The van der Waals surface area contributed by atoms with Crippen LogP contribution >= 0.6 is 0 Å². The molecule has 4 rings (SSSR count). The lowest BCUT2D eigenvalue weighted by Crippen LogP contribution is -2.43. The minimum atomic E-state index is -3.72. The number of para-hydroxylation sites is 3. The van der Waals surface area contributed by atoms with Crippen molar-refractivity contribution in [2.45, 2.75) is 24.7 Å². The van der Waals surface area contributed by atoms with Gasteiger partial charge in [-0.25, -0.2) is 8.42 Å². The quantitative estimate of drug-likeness (QED) is 0.523. The molecule has 1 fully saturated rings.